The lowest BCUT2D eigenvalue weighted by Crippen LogP contribution is -2.17. The lowest BCUT2D eigenvalue weighted by Gasteiger charge is -2.12. The molecule has 0 atom stereocenters. The highest BCUT2D eigenvalue weighted by molar-refractivity contribution is 5.75. The van der Waals surface area contributed by atoms with Crippen molar-refractivity contribution < 1.29 is 4.79 Å². The zero-order valence-electron chi connectivity index (χ0n) is 11.4. The van der Waals surface area contributed by atoms with Crippen LogP contribution in [0, 0.1) is 20.8 Å². The van der Waals surface area contributed by atoms with Crippen molar-refractivity contribution >= 4 is 5.78 Å². The number of hydrogen-bond donors (Lipinski definition) is 1. The van der Waals surface area contributed by atoms with Crippen molar-refractivity contribution in [3.8, 4) is 0 Å². The Morgan fingerprint density at radius 2 is 1.76 bits per heavy atom. The van der Waals surface area contributed by atoms with Crippen LogP contribution in [0.25, 0.3) is 0 Å². The van der Waals surface area contributed by atoms with Crippen LogP contribution in [0.5, 0.6) is 0 Å². The van der Waals surface area contributed by atoms with Crippen LogP contribution in [0.3, 0.4) is 0 Å². The Bertz CT molecular complexity index is 373. The van der Waals surface area contributed by atoms with E-state index in [4.69, 9.17) is 0 Å². The summed E-state index contributed by atoms with van der Waals surface area (Å²) in [5.74, 6) is 0.273. The van der Waals surface area contributed by atoms with Gasteiger partial charge in [0, 0.05) is 13.0 Å². The lowest BCUT2D eigenvalue weighted by atomic mass is 10.00. The van der Waals surface area contributed by atoms with E-state index < -0.39 is 0 Å². The lowest BCUT2D eigenvalue weighted by molar-refractivity contribution is -0.117. The molecule has 0 unspecified atom stereocenters. The molecule has 0 aliphatic carbocycles. The Kier molecular flexibility index (Phi) is 5.36. The van der Waals surface area contributed by atoms with Crippen LogP contribution in [0.2, 0.25) is 0 Å². The van der Waals surface area contributed by atoms with Crippen molar-refractivity contribution in [3.05, 3.63) is 34.4 Å². The molecule has 1 N–H and O–H groups in total. The molecule has 1 rings (SSSR count). The first-order valence-corrected chi connectivity index (χ1v) is 6.27. The molecule has 0 amide bonds. The Morgan fingerprint density at radius 3 is 2.29 bits per heavy atom. The highest BCUT2D eigenvalue weighted by atomic mass is 16.1. The number of Topliss-reactive ketones (excluding diaryl/α,β-unsaturated/α-hetero) is 1. The van der Waals surface area contributed by atoms with Gasteiger partial charge in [0.25, 0.3) is 0 Å². The number of aryl methyl sites for hydroxylation is 3. The van der Waals surface area contributed by atoms with E-state index in [0.29, 0.717) is 6.42 Å². The minimum atomic E-state index is 0.273. The van der Waals surface area contributed by atoms with E-state index in [-0.39, 0.29) is 5.78 Å². The number of nitrogens with one attached hydrogen (secondary N) is 1. The molecular weight excluding hydrogens is 210 g/mol. The molecule has 94 valence electrons. The summed E-state index contributed by atoms with van der Waals surface area (Å²) >= 11 is 0. The van der Waals surface area contributed by atoms with Crippen LogP contribution >= 0.6 is 0 Å². The molecule has 0 bridgehead atoms. The number of carbonyl (C=O) groups excluding carboxylic acids is 1. The smallest absolute Gasteiger partial charge is 0.129 e. The largest absolute Gasteiger partial charge is 0.313 e. The van der Waals surface area contributed by atoms with Gasteiger partial charge in [-0.25, -0.2) is 0 Å². The first-order valence-electron chi connectivity index (χ1n) is 6.27. The minimum absolute atomic E-state index is 0.273. The summed E-state index contributed by atoms with van der Waals surface area (Å²) in [5.41, 5.74) is 5.40. The highest BCUT2D eigenvalue weighted by Gasteiger charge is 2.03. The number of carbonyl (C=O) groups is 1. The van der Waals surface area contributed by atoms with E-state index in [0.717, 1.165) is 19.5 Å². The maximum atomic E-state index is 10.8. The van der Waals surface area contributed by atoms with Gasteiger partial charge in [-0.2, -0.15) is 0 Å². The normalized spacial score (nSPS) is 10.6. The second-order valence-corrected chi connectivity index (χ2v) is 4.86. The van der Waals surface area contributed by atoms with Gasteiger partial charge in [0.2, 0.25) is 0 Å². The third kappa shape index (κ3) is 4.70. The zero-order chi connectivity index (χ0) is 12.8. The number of rotatable bonds is 6. The van der Waals surface area contributed by atoms with Crippen LogP contribution < -0.4 is 5.32 Å². The molecule has 0 heterocycles. The molecule has 0 aromatic heterocycles. The summed E-state index contributed by atoms with van der Waals surface area (Å²) in [4.78, 5) is 10.8. The van der Waals surface area contributed by atoms with Gasteiger partial charge in [-0.3, -0.25) is 0 Å². The molecular formula is C15H23NO. The van der Waals surface area contributed by atoms with E-state index >= 15 is 0 Å². The highest BCUT2D eigenvalue weighted by Crippen LogP contribution is 2.15. The van der Waals surface area contributed by atoms with E-state index in [1.54, 1.807) is 6.92 Å². The molecule has 2 heteroatoms. The van der Waals surface area contributed by atoms with Crippen molar-refractivity contribution in [1.82, 2.24) is 5.32 Å². The summed E-state index contributed by atoms with van der Waals surface area (Å²) < 4.78 is 0. The van der Waals surface area contributed by atoms with Crippen molar-refractivity contribution in [2.45, 2.75) is 47.1 Å². The van der Waals surface area contributed by atoms with Crippen LogP contribution in [0.1, 0.15) is 42.0 Å². The Hall–Kier alpha value is -1.15. The van der Waals surface area contributed by atoms with Crippen molar-refractivity contribution in [2.75, 3.05) is 6.54 Å². The molecule has 0 spiro atoms. The van der Waals surface area contributed by atoms with E-state index in [1.165, 1.54) is 22.3 Å². The standard InChI is InChI=1S/C15H23NO/c1-11-8-12(2)15(13(3)9-11)10-16-7-5-6-14(4)17/h8-9,16H,5-7,10H2,1-4H3. The molecule has 0 saturated heterocycles. The Balaban J connectivity index is 2.44. The second-order valence-electron chi connectivity index (χ2n) is 4.86. The van der Waals surface area contributed by atoms with Crippen molar-refractivity contribution in [3.63, 3.8) is 0 Å². The van der Waals surface area contributed by atoms with Gasteiger partial charge < -0.3 is 10.1 Å². The molecule has 0 aliphatic rings. The fourth-order valence-electron chi connectivity index (χ4n) is 2.16. The first kappa shape index (κ1) is 13.9. The van der Waals surface area contributed by atoms with Gasteiger partial charge in [-0.1, -0.05) is 17.7 Å². The maximum absolute atomic E-state index is 10.8. The molecule has 0 aliphatic heterocycles. The fraction of sp³-hybridized carbons (Fsp3) is 0.533. The maximum Gasteiger partial charge on any atom is 0.129 e. The Morgan fingerprint density at radius 1 is 1.18 bits per heavy atom. The van der Waals surface area contributed by atoms with Crippen LogP contribution in [-0.4, -0.2) is 12.3 Å². The van der Waals surface area contributed by atoms with Crippen LogP contribution in [-0.2, 0) is 11.3 Å². The van der Waals surface area contributed by atoms with Crippen molar-refractivity contribution in [1.29, 1.82) is 0 Å². The first-order chi connectivity index (χ1) is 8.00. The van der Waals surface area contributed by atoms with Crippen molar-refractivity contribution in [2.24, 2.45) is 0 Å². The van der Waals surface area contributed by atoms with Crippen LogP contribution in [0.4, 0.5) is 0 Å². The fourth-order valence-corrected chi connectivity index (χ4v) is 2.16. The molecule has 0 saturated carbocycles. The van der Waals surface area contributed by atoms with Crippen LogP contribution in [0.15, 0.2) is 12.1 Å². The SMILES string of the molecule is CC(=O)CCCNCc1c(C)cc(C)cc1C. The van der Waals surface area contributed by atoms with Gasteiger partial charge in [0.15, 0.2) is 0 Å². The second kappa shape index (κ2) is 6.55. The van der Waals surface area contributed by atoms with Gasteiger partial charge in [-0.05, 0) is 57.4 Å². The predicted molar refractivity (Wildman–Crippen MR) is 72.3 cm³/mol. The van der Waals surface area contributed by atoms with E-state index in [1.807, 2.05) is 0 Å². The number of ketones is 1. The van der Waals surface area contributed by atoms with Gasteiger partial charge in [0.1, 0.15) is 5.78 Å². The summed E-state index contributed by atoms with van der Waals surface area (Å²) in [6.07, 6.45) is 1.61. The molecule has 1 aromatic rings. The summed E-state index contributed by atoms with van der Waals surface area (Å²) in [7, 11) is 0. The monoisotopic (exact) mass is 233 g/mol. The van der Waals surface area contributed by atoms with Gasteiger partial charge in [0.05, 0.1) is 0 Å². The van der Waals surface area contributed by atoms with E-state index in [9.17, 15) is 4.79 Å². The molecule has 0 fully saturated rings. The minimum Gasteiger partial charge on any atom is -0.313 e. The average molecular weight is 233 g/mol. The third-order valence-electron chi connectivity index (χ3n) is 3.02. The number of hydrogen-bond acceptors (Lipinski definition) is 2. The molecule has 17 heavy (non-hydrogen) atoms. The summed E-state index contributed by atoms with van der Waals surface area (Å²) in [5, 5.41) is 3.41. The number of benzene rings is 1. The summed E-state index contributed by atoms with van der Waals surface area (Å²) in [6, 6.07) is 4.44. The average Bonchev–Trinajstić information content (AvgIpc) is 2.20. The zero-order valence-corrected chi connectivity index (χ0v) is 11.4. The molecule has 0 radical (unpaired) electrons. The quantitative estimate of drug-likeness (QED) is 0.765. The topological polar surface area (TPSA) is 29.1 Å². The summed E-state index contributed by atoms with van der Waals surface area (Å²) in [6.45, 7) is 9.90. The third-order valence-corrected chi connectivity index (χ3v) is 3.02. The predicted octanol–water partition coefficient (Wildman–Crippen LogP) is 3.07. The molecule has 1 aromatic carbocycles. The van der Waals surface area contributed by atoms with Gasteiger partial charge in [-0.15, -0.1) is 0 Å². The van der Waals surface area contributed by atoms with Gasteiger partial charge >= 0.3 is 0 Å². The molecule has 2 nitrogen and oxygen atoms in total. The Labute approximate surface area is 104 Å². The van der Waals surface area contributed by atoms with E-state index in [2.05, 4.69) is 38.2 Å².